The molecule has 4 amide bonds. The summed E-state index contributed by atoms with van der Waals surface area (Å²) in [4.78, 5) is 38.7. The molecule has 2 aliphatic heterocycles. The van der Waals surface area contributed by atoms with Crippen LogP contribution in [0.2, 0.25) is 5.02 Å². The van der Waals surface area contributed by atoms with Gasteiger partial charge in [-0.3, -0.25) is 14.5 Å². The Bertz CT molecular complexity index is 1040. The van der Waals surface area contributed by atoms with Gasteiger partial charge in [0.1, 0.15) is 23.6 Å². The smallest absolute Gasteiger partial charge is 0.325 e. The first-order valence-electron chi connectivity index (χ1n) is 10.1. The van der Waals surface area contributed by atoms with Gasteiger partial charge in [0.15, 0.2) is 5.75 Å². The molecule has 2 aliphatic rings. The van der Waals surface area contributed by atoms with Gasteiger partial charge in [0.05, 0.1) is 12.3 Å². The quantitative estimate of drug-likeness (QED) is 0.589. The molecule has 2 fully saturated rings. The Labute approximate surface area is 194 Å². The maximum atomic E-state index is 12.8. The van der Waals surface area contributed by atoms with Crippen LogP contribution in [0.3, 0.4) is 0 Å². The first kappa shape index (κ1) is 22.3. The van der Waals surface area contributed by atoms with Crippen LogP contribution in [0.4, 0.5) is 10.5 Å². The van der Waals surface area contributed by atoms with E-state index in [1.807, 2.05) is 6.92 Å². The van der Waals surface area contributed by atoms with Gasteiger partial charge >= 0.3 is 6.03 Å². The van der Waals surface area contributed by atoms with Crippen molar-refractivity contribution in [1.29, 1.82) is 0 Å². The molecule has 2 aromatic carbocycles. The van der Waals surface area contributed by atoms with E-state index in [0.717, 1.165) is 16.4 Å². The van der Waals surface area contributed by atoms with Gasteiger partial charge in [-0.2, -0.15) is 11.8 Å². The Morgan fingerprint density at radius 3 is 2.66 bits per heavy atom. The second-order valence-corrected chi connectivity index (χ2v) is 8.94. The van der Waals surface area contributed by atoms with Gasteiger partial charge in [0, 0.05) is 10.8 Å². The zero-order chi connectivity index (χ0) is 22.7. The largest absolute Gasteiger partial charge is 0.494 e. The number of nitrogens with one attached hydrogen (secondary N) is 2. The number of carbonyl (C=O) groups excluding carboxylic acids is 3. The lowest BCUT2D eigenvalue weighted by Crippen LogP contribution is -2.47. The van der Waals surface area contributed by atoms with E-state index in [9.17, 15) is 14.4 Å². The SMILES string of the molecule is CCOc1ccc(Oc2ccc(Cl)cc2NC(=O)CN2C(=O)NC3(CCSC3)C2=O)cc1. The van der Waals surface area contributed by atoms with Crippen LogP contribution < -0.4 is 20.1 Å². The van der Waals surface area contributed by atoms with E-state index in [1.54, 1.807) is 54.2 Å². The number of hydrogen-bond donors (Lipinski definition) is 2. The molecule has 0 saturated carbocycles. The van der Waals surface area contributed by atoms with Crippen molar-refractivity contribution in [3.8, 4) is 17.2 Å². The number of ether oxygens (including phenoxy) is 2. The second kappa shape index (κ2) is 9.30. The van der Waals surface area contributed by atoms with Crippen molar-refractivity contribution < 1.29 is 23.9 Å². The van der Waals surface area contributed by atoms with Crippen LogP contribution in [-0.2, 0) is 9.59 Å². The van der Waals surface area contributed by atoms with Gasteiger partial charge < -0.3 is 20.1 Å². The van der Waals surface area contributed by atoms with Crippen molar-refractivity contribution in [3.05, 3.63) is 47.5 Å². The van der Waals surface area contributed by atoms with Crippen molar-refractivity contribution in [3.63, 3.8) is 0 Å². The van der Waals surface area contributed by atoms with E-state index >= 15 is 0 Å². The summed E-state index contributed by atoms with van der Waals surface area (Å²) in [5.41, 5.74) is -0.561. The minimum atomic E-state index is -0.889. The molecule has 2 aromatic rings. The molecule has 10 heteroatoms. The van der Waals surface area contributed by atoms with Gasteiger partial charge in [-0.15, -0.1) is 0 Å². The Kier molecular flexibility index (Phi) is 6.48. The predicted molar refractivity (Wildman–Crippen MR) is 123 cm³/mol. The number of thioether (sulfide) groups is 1. The number of halogens is 1. The molecule has 4 rings (SSSR count). The topological polar surface area (TPSA) is 97.0 Å². The normalized spacial score (nSPS) is 19.9. The van der Waals surface area contributed by atoms with Crippen LogP contribution in [0.5, 0.6) is 17.2 Å². The number of nitrogens with zero attached hydrogens (tertiary/aromatic N) is 1. The number of amides is 4. The number of imide groups is 1. The molecule has 2 heterocycles. The molecule has 1 unspecified atom stereocenters. The number of rotatable bonds is 7. The van der Waals surface area contributed by atoms with E-state index in [-0.39, 0.29) is 5.91 Å². The van der Waals surface area contributed by atoms with E-state index in [4.69, 9.17) is 21.1 Å². The summed E-state index contributed by atoms with van der Waals surface area (Å²) in [6.07, 6.45) is 0.564. The molecule has 1 spiro atoms. The Hall–Kier alpha value is -2.91. The highest BCUT2D eigenvalue weighted by Crippen LogP contribution is 2.34. The van der Waals surface area contributed by atoms with Crippen molar-refractivity contribution >= 4 is 46.9 Å². The third kappa shape index (κ3) is 4.63. The monoisotopic (exact) mass is 475 g/mol. The number of hydrogen-bond acceptors (Lipinski definition) is 6. The van der Waals surface area contributed by atoms with Gasteiger partial charge in [0.25, 0.3) is 5.91 Å². The highest BCUT2D eigenvalue weighted by atomic mass is 35.5. The summed E-state index contributed by atoms with van der Waals surface area (Å²) < 4.78 is 11.3. The fourth-order valence-corrected chi connectivity index (χ4v) is 5.07. The molecule has 0 bridgehead atoms. The summed E-state index contributed by atoms with van der Waals surface area (Å²) in [5.74, 6) is 2.05. The zero-order valence-corrected chi connectivity index (χ0v) is 18.9. The molecular weight excluding hydrogens is 454 g/mol. The van der Waals surface area contributed by atoms with E-state index in [2.05, 4.69) is 10.6 Å². The lowest BCUT2D eigenvalue weighted by Gasteiger charge is -2.19. The summed E-state index contributed by atoms with van der Waals surface area (Å²) >= 11 is 7.71. The van der Waals surface area contributed by atoms with E-state index in [1.165, 1.54) is 0 Å². The summed E-state index contributed by atoms with van der Waals surface area (Å²) in [6.45, 7) is 2.07. The fourth-order valence-electron chi connectivity index (χ4n) is 3.57. The highest BCUT2D eigenvalue weighted by Gasteiger charge is 2.53. The third-order valence-electron chi connectivity index (χ3n) is 5.15. The maximum Gasteiger partial charge on any atom is 0.325 e. The van der Waals surface area contributed by atoms with Crippen LogP contribution in [0, 0.1) is 0 Å². The van der Waals surface area contributed by atoms with Crippen LogP contribution in [0.15, 0.2) is 42.5 Å². The van der Waals surface area contributed by atoms with Gasteiger partial charge in [-0.05, 0) is 61.6 Å². The van der Waals surface area contributed by atoms with Crippen LogP contribution in [-0.4, -0.2) is 52.9 Å². The predicted octanol–water partition coefficient (Wildman–Crippen LogP) is 3.90. The van der Waals surface area contributed by atoms with Crippen LogP contribution >= 0.6 is 23.4 Å². The molecule has 1 atom stereocenters. The molecule has 8 nitrogen and oxygen atoms in total. The molecule has 2 N–H and O–H groups in total. The third-order valence-corrected chi connectivity index (χ3v) is 6.57. The number of benzene rings is 2. The highest BCUT2D eigenvalue weighted by molar-refractivity contribution is 7.99. The van der Waals surface area contributed by atoms with Crippen LogP contribution in [0.25, 0.3) is 0 Å². The van der Waals surface area contributed by atoms with Crippen molar-refractivity contribution in [1.82, 2.24) is 10.2 Å². The molecular formula is C22H22ClN3O5S. The van der Waals surface area contributed by atoms with Gasteiger partial charge in [-0.1, -0.05) is 11.6 Å². The fraction of sp³-hybridized carbons (Fsp3) is 0.318. The molecule has 0 radical (unpaired) electrons. The number of anilines is 1. The Morgan fingerprint density at radius 2 is 1.97 bits per heavy atom. The van der Waals surface area contributed by atoms with E-state index < -0.39 is 24.0 Å². The molecule has 2 saturated heterocycles. The minimum Gasteiger partial charge on any atom is -0.494 e. The zero-order valence-electron chi connectivity index (χ0n) is 17.4. The first-order valence-corrected chi connectivity index (χ1v) is 11.7. The molecule has 0 aliphatic carbocycles. The first-order chi connectivity index (χ1) is 15.4. The van der Waals surface area contributed by atoms with Gasteiger partial charge in [0.2, 0.25) is 5.91 Å². The average Bonchev–Trinajstić information content (AvgIpc) is 3.32. The Balaban J connectivity index is 1.45. The van der Waals surface area contributed by atoms with Crippen molar-refractivity contribution in [2.75, 3.05) is 30.0 Å². The lowest BCUT2D eigenvalue weighted by atomic mass is 9.99. The number of carbonyl (C=O) groups is 3. The summed E-state index contributed by atoms with van der Waals surface area (Å²) in [7, 11) is 0. The minimum absolute atomic E-state index is 0.328. The standard InChI is InChI=1S/C22H22ClN3O5S/c1-2-30-15-4-6-16(7-5-15)31-18-8-3-14(23)11-17(18)24-19(27)12-26-20(28)22(25-21(26)29)9-10-32-13-22/h3-8,11H,2,9-10,12-13H2,1H3,(H,24,27)(H,25,29). The average molecular weight is 476 g/mol. The summed E-state index contributed by atoms with van der Waals surface area (Å²) in [5, 5.41) is 5.84. The molecule has 32 heavy (non-hydrogen) atoms. The van der Waals surface area contributed by atoms with Crippen molar-refractivity contribution in [2.24, 2.45) is 0 Å². The second-order valence-electron chi connectivity index (χ2n) is 7.40. The molecule has 168 valence electrons. The maximum absolute atomic E-state index is 12.8. The lowest BCUT2D eigenvalue weighted by molar-refractivity contribution is -0.133. The summed E-state index contributed by atoms with van der Waals surface area (Å²) in [6, 6.07) is 11.3. The van der Waals surface area contributed by atoms with Crippen molar-refractivity contribution in [2.45, 2.75) is 18.9 Å². The Morgan fingerprint density at radius 1 is 1.22 bits per heavy atom. The van der Waals surface area contributed by atoms with Gasteiger partial charge in [-0.25, -0.2) is 4.79 Å². The number of urea groups is 1. The molecule has 0 aromatic heterocycles. The van der Waals surface area contributed by atoms with E-state index in [0.29, 0.717) is 41.0 Å². The van der Waals surface area contributed by atoms with Crippen LogP contribution in [0.1, 0.15) is 13.3 Å².